The molecule has 0 fully saturated rings. The number of amides is 2. The van der Waals surface area contributed by atoms with Gasteiger partial charge in [-0.3, -0.25) is 0 Å². The first kappa shape index (κ1) is 16.6. The topological polar surface area (TPSA) is 59.6 Å². The van der Waals surface area contributed by atoms with E-state index in [-0.39, 0.29) is 12.1 Å². The molecule has 0 spiro atoms. The minimum atomic E-state index is -0.250. The van der Waals surface area contributed by atoms with Gasteiger partial charge >= 0.3 is 6.03 Å². The second-order valence-electron chi connectivity index (χ2n) is 5.77. The van der Waals surface area contributed by atoms with Crippen LogP contribution < -0.4 is 20.1 Å². The van der Waals surface area contributed by atoms with Crippen molar-refractivity contribution in [1.82, 2.24) is 5.32 Å². The zero-order valence-corrected chi connectivity index (χ0v) is 15.1. The first-order valence-electron chi connectivity index (χ1n) is 7.68. The second kappa shape index (κ2) is 7.13. The van der Waals surface area contributed by atoms with Gasteiger partial charge in [0.2, 0.25) is 0 Å². The molecule has 3 rings (SSSR count). The van der Waals surface area contributed by atoms with Gasteiger partial charge in [0, 0.05) is 4.47 Å². The number of rotatable bonds is 3. The molecule has 2 N–H and O–H groups in total. The summed E-state index contributed by atoms with van der Waals surface area (Å²) in [6.07, 6.45) is 0.703. The molecule has 0 bridgehead atoms. The third-order valence-corrected chi connectivity index (χ3v) is 4.54. The molecule has 1 aliphatic heterocycles. The number of aryl methyl sites for hydroxylation is 1. The summed E-state index contributed by atoms with van der Waals surface area (Å²) in [6.45, 7) is 2.45. The fraction of sp³-hybridized carbons (Fsp3) is 0.278. The molecule has 1 atom stereocenters. The number of hydrogen-bond acceptors (Lipinski definition) is 3. The highest BCUT2D eigenvalue weighted by atomic mass is 79.9. The van der Waals surface area contributed by atoms with Gasteiger partial charge in [0.15, 0.2) is 0 Å². The molecular formula is C18H19BrN2O3. The molecular weight excluding hydrogens is 372 g/mol. The summed E-state index contributed by atoms with van der Waals surface area (Å²) in [6, 6.07) is 11.2. The number of carbonyl (C=O) groups excluding carboxylic acids is 1. The summed E-state index contributed by atoms with van der Waals surface area (Å²) in [5, 5.41) is 5.80. The fourth-order valence-electron chi connectivity index (χ4n) is 2.66. The van der Waals surface area contributed by atoms with Crippen molar-refractivity contribution in [2.75, 3.05) is 19.0 Å². The Morgan fingerprint density at radius 2 is 2.12 bits per heavy atom. The number of anilines is 1. The van der Waals surface area contributed by atoms with Crippen LogP contribution in [0.3, 0.4) is 0 Å². The van der Waals surface area contributed by atoms with E-state index in [0.717, 1.165) is 32.8 Å². The van der Waals surface area contributed by atoms with Gasteiger partial charge in [-0.25, -0.2) is 4.79 Å². The molecule has 0 aromatic heterocycles. The minimum Gasteiger partial charge on any atom is -0.497 e. The number of nitrogens with one attached hydrogen (secondary N) is 2. The number of ether oxygens (including phenoxy) is 2. The summed E-state index contributed by atoms with van der Waals surface area (Å²) in [4.78, 5) is 12.2. The third kappa shape index (κ3) is 3.82. The van der Waals surface area contributed by atoms with Crippen LogP contribution >= 0.6 is 15.9 Å². The largest absolute Gasteiger partial charge is 0.497 e. The average molecular weight is 391 g/mol. The molecule has 1 unspecified atom stereocenters. The van der Waals surface area contributed by atoms with E-state index in [2.05, 4.69) is 26.6 Å². The standard InChI is InChI=1S/C18H19BrN2O3/c1-11-3-5-16(15(19)7-11)21-18(22)20-13-8-12-9-14(23-2)4-6-17(12)24-10-13/h3-7,9,13H,8,10H2,1-2H3,(H2,20,21,22). The van der Waals surface area contributed by atoms with Gasteiger partial charge in [0.1, 0.15) is 18.1 Å². The number of urea groups is 1. The van der Waals surface area contributed by atoms with E-state index < -0.39 is 0 Å². The van der Waals surface area contributed by atoms with Gasteiger partial charge in [-0.1, -0.05) is 6.07 Å². The molecule has 1 heterocycles. The van der Waals surface area contributed by atoms with Gasteiger partial charge in [0.25, 0.3) is 0 Å². The van der Waals surface area contributed by atoms with Crippen LogP contribution in [-0.2, 0) is 6.42 Å². The van der Waals surface area contributed by atoms with Crippen molar-refractivity contribution in [1.29, 1.82) is 0 Å². The lowest BCUT2D eigenvalue weighted by Crippen LogP contribution is -2.44. The van der Waals surface area contributed by atoms with Crippen LogP contribution in [-0.4, -0.2) is 25.8 Å². The van der Waals surface area contributed by atoms with Crippen LogP contribution in [0.4, 0.5) is 10.5 Å². The molecule has 0 saturated carbocycles. The second-order valence-corrected chi connectivity index (χ2v) is 6.62. The van der Waals surface area contributed by atoms with E-state index in [9.17, 15) is 4.79 Å². The minimum absolute atomic E-state index is 0.0890. The Bertz CT molecular complexity index is 764. The molecule has 2 amide bonds. The SMILES string of the molecule is COc1ccc2c(c1)CC(NC(=O)Nc1ccc(C)cc1Br)CO2. The Morgan fingerprint density at radius 1 is 1.29 bits per heavy atom. The predicted molar refractivity (Wildman–Crippen MR) is 97.0 cm³/mol. The van der Waals surface area contributed by atoms with Crippen molar-refractivity contribution in [2.45, 2.75) is 19.4 Å². The summed E-state index contributed by atoms with van der Waals surface area (Å²) in [7, 11) is 1.63. The van der Waals surface area contributed by atoms with E-state index in [1.54, 1.807) is 7.11 Å². The lowest BCUT2D eigenvalue weighted by Gasteiger charge is -2.26. The monoisotopic (exact) mass is 390 g/mol. The van der Waals surface area contributed by atoms with E-state index in [0.29, 0.717) is 13.0 Å². The number of hydrogen-bond donors (Lipinski definition) is 2. The van der Waals surface area contributed by atoms with E-state index >= 15 is 0 Å². The molecule has 0 radical (unpaired) electrons. The van der Waals surface area contributed by atoms with Crippen LogP contribution in [0.5, 0.6) is 11.5 Å². The summed E-state index contributed by atoms with van der Waals surface area (Å²) >= 11 is 3.46. The van der Waals surface area contributed by atoms with Crippen molar-refractivity contribution in [3.63, 3.8) is 0 Å². The lowest BCUT2D eigenvalue weighted by atomic mass is 10.0. The van der Waals surface area contributed by atoms with Crippen LogP contribution in [0, 0.1) is 6.92 Å². The molecule has 0 aliphatic carbocycles. The third-order valence-electron chi connectivity index (χ3n) is 3.88. The van der Waals surface area contributed by atoms with Crippen molar-refractivity contribution in [3.05, 3.63) is 52.0 Å². The van der Waals surface area contributed by atoms with E-state index in [4.69, 9.17) is 9.47 Å². The summed E-state index contributed by atoms with van der Waals surface area (Å²) < 4.78 is 11.8. The van der Waals surface area contributed by atoms with Gasteiger partial charge < -0.3 is 20.1 Å². The Hall–Kier alpha value is -2.21. The first-order valence-corrected chi connectivity index (χ1v) is 8.48. The lowest BCUT2D eigenvalue weighted by molar-refractivity contribution is 0.222. The zero-order valence-electron chi connectivity index (χ0n) is 13.6. The summed E-state index contributed by atoms with van der Waals surface area (Å²) in [5.74, 6) is 1.63. The maximum Gasteiger partial charge on any atom is 0.319 e. The molecule has 126 valence electrons. The Kier molecular flexibility index (Phi) is 4.94. The summed E-state index contributed by atoms with van der Waals surface area (Å²) in [5.41, 5.74) is 2.89. The molecule has 5 nitrogen and oxygen atoms in total. The normalized spacial score (nSPS) is 15.9. The van der Waals surface area contributed by atoms with Crippen LogP contribution in [0.25, 0.3) is 0 Å². The van der Waals surface area contributed by atoms with Gasteiger partial charge in [-0.15, -0.1) is 0 Å². The first-order chi connectivity index (χ1) is 11.5. The number of fused-ring (bicyclic) bond motifs is 1. The number of halogens is 1. The van der Waals surface area contributed by atoms with Gasteiger partial charge in [-0.05, 0) is 70.7 Å². The predicted octanol–water partition coefficient (Wildman–Crippen LogP) is 3.89. The Labute approximate surface area is 149 Å². The zero-order chi connectivity index (χ0) is 17.1. The van der Waals surface area contributed by atoms with E-state index in [1.807, 2.05) is 43.3 Å². The van der Waals surface area contributed by atoms with Crippen molar-refractivity contribution >= 4 is 27.6 Å². The fourth-order valence-corrected chi connectivity index (χ4v) is 3.25. The number of benzene rings is 2. The Morgan fingerprint density at radius 3 is 2.88 bits per heavy atom. The molecule has 2 aromatic rings. The highest BCUT2D eigenvalue weighted by Crippen LogP contribution is 2.29. The molecule has 6 heteroatoms. The number of carbonyl (C=O) groups is 1. The van der Waals surface area contributed by atoms with Crippen LogP contribution in [0.15, 0.2) is 40.9 Å². The van der Waals surface area contributed by atoms with Crippen molar-refractivity contribution < 1.29 is 14.3 Å². The maximum absolute atomic E-state index is 12.2. The van der Waals surface area contributed by atoms with Gasteiger partial charge in [0.05, 0.1) is 18.8 Å². The Balaban J connectivity index is 1.63. The van der Waals surface area contributed by atoms with Gasteiger partial charge in [-0.2, -0.15) is 0 Å². The number of methoxy groups -OCH3 is 1. The molecule has 24 heavy (non-hydrogen) atoms. The molecule has 0 saturated heterocycles. The van der Waals surface area contributed by atoms with Crippen molar-refractivity contribution in [3.8, 4) is 11.5 Å². The van der Waals surface area contributed by atoms with Crippen molar-refractivity contribution in [2.24, 2.45) is 0 Å². The molecule has 1 aliphatic rings. The van der Waals surface area contributed by atoms with Crippen LogP contribution in [0.2, 0.25) is 0 Å². The van der Waals surface area contributed by atoms with E-state index in [1.165, 1.54) is 0 Å². The quantitative estimate of drug-likeness (QED) is 0.835. The van der Waals surface area contributed by atoms with Crippen LogP contribution in [0.1, 0.15) is 11.1 Å². The smallest absolute Gasteiger partial charge is 0.319 e. The highest BCUT2D eigenvalue weighted by molar-refractivity contribution is 9.10. The maximum atomic E-state index is 12.2. The average Bonchev–Trinajstić information content (AvgIpc) is 2.56. The highest BCUT2D eigenvalue weighted by Gasteiger charge is 2.22. The molecule has 2 aromatic carbocycles.